The van der Waals surface area contributed by atoms with Gasteiger partial charge in [0, 0.05) is 24.1 Å². The minimum absolute atomic E-state index is 0.0152. The highest BCUT2D eigenvalue weighted by Gasteiger charge is 2.38. The number of hydrogen-bond donors (Lipinski definition) is 2. The van der Waals surface area contributed by atoms with Crippen LogP contribution in [0.1, 0.15) is 50.3 Å². The van der Waals surface area contributed by atoms with E-state index in [2.05, 4.69) is 32.2 Å². The van der Waals surface area contributed by atoms with Gasteiger partial charge in [-0.25, -0.2) is 0 Å². The van der Waals surface area contributed by atoms with Crippen LogP contribution in [0.2, 0.25) is 0 Å². The van der Waals surface area contributed by atoms with Crippen molar-refractivity contribution < 1.29 is 14.6 Å². The first-order chi connectivity index (χ1) is 10.4. The molecule has 1 aromatic carbocycles. The lowest BCUT2D eigenvalue weighted by Gasteiger charge is -2.33. The Labute approximate surface area is 133 Å². The smallest absolute Gasteiger partial charge is 0.161 e. The summed E-state index contributed by atoms with van der Waals surface area (Å²) in [6, 6.07) is 4.62. The van der Waals surface area contributed by atoms with Crippen LogP contribution < -0.4 is 14.8 Å². The Bertz CT molecular complexity index is 517. The number of hydrogen-bond acceptors (Lipinski definition) is 4. The van der Waals surface area contributed by atoms with Gasteiger partial charge in [-0.1, -0.05) is 13.3 Å². The van der Waals surface area contributed by atoms with Crippen LogP contribution in [0.3, 0.4) is 0 Å². The van der Waals surface area contributed by atoms with Gasteiger partial charge < -0.3 is 19.9 Å². The molecular formula is C18H29NO3. The Morgan fingerprint density at radius 2 is 1.95 bits per heavy atom. The molecule has 3 atom stereocenters. The predicted octanol–water partition coefficient (Wildman–Crippen LogP) is 3.21. The van der Waals surface area contributed by atoms with Crippen molar-refractivity contribution in [2.45, 2.75) is 52.1 Å². The van der Waals surface area contributed by atoms with Crippen LogP contribution in [0, 0.1) is 12.3 Å². The van der Waals surface area contributed by atoms with Crippen molar-refractivity contribution in [1.29, 1.82) is 0 Å². The van der Waals surface area contributed by atoms with Gasteiger partial charge in [0.15, 0.2) is 11.5 Å². The Morgan fingerprint density at radius 1 is 1.32 bits per heavy atom. The second kappa shape index (κ2) is 6.88. The number of aliphatic hydroxyl groups excluding tert-OH is 1. The van der Waals surface area contributed by atoms with E-state index < -0.39 is 0 Å². The molecule has 2 N–H and O–H groups in total. The van der Waals surface area contributed by atoms with Crippen molar-refractivity contribution in [2.24, 2.45) is 5.41 Å². The molecule has 124 valence electrons. The summed E-state index contributed by atoms with van der Waals surface area (Å²) in [6.45, 7) is 6.67. The third-order valence-corrected chi connectivity index (χ3v) is 5.13. The van der Waals surface area contributed by atoms with Crippen molar-refractivity contribution in [3.05, 3.63) is 23.3 Å². The average molecular weight is 307 g/mol. The monoisotopic (exact) mass is 307 g/mol. The average Bonchev–Trinajstić information content (AvgIpc) is 2.88. The van der Waals surface area contributed by atoms with Crippen molar-refractivity contribution in [3.8, 4) is 11.5 Å². The van der Waals surface area contributed by atoms with E-state index in [0.717, 1.165) is 24.3 Å². The van der Waals surface area contributed by atoms with Crippen molar-refractivity contribution in [1.82, 2.24) is 5.32 Å². The Balaban J connectivity index is 2.21. The second-order valence-electron chi connectivity index (χ2n) is 6.71. The van der Waals surface area contributed by atoms with Crippen molar-refractivity contribution >= 4 is 0 Å². The molecule has 1 aliphatic rings. The molecule has 0 spiro atoms. The first-order valence-corrected chi connectivity index (χ1v) is 8.04. The first-order valence-electron chi connectivity index (χ1n) is 8.04. The van der Waals surface area contributed by atoms with Crippen LogP contribution in [0.4, 0.5) is 0 Å². The number of aryl methyl sites for hydroxylation is 1. The zero-order chi connectivity index (χ0) is 16.3. The van der Waals surface area contributed by atoms with Gasteiger partial charge in [0.25, 0.3) is 0 Å². The fraction of sp³-hybridized carbons (Fsp3) is 0.667. The lowest BCUT2D eigenvalue weighted by Crippen LogP contribution is -2.43. The summed E-state index contributed by atoms with van der Waals surface area (Å²) in [5, 5.41) is 13.4. The zero-order valence-corrected chi connectivity index (χ0v) is 14.4. The largest absolute Gasteiger partial charge is 0.493 e. The van der Waals surface area contributed by atoms with E-state index in [9.17, 15) is 5.11 Å². The molecule has 1 fully saturated rings. The minimum atomic E-state index is -0.0152. The Morgan fingerprint density at radius 3 is 2.55 bits per heavy atom. The van der Waals surface area contributed by atoms with Gasteiger partial charge in [0.1, 0.15) is 0 Å². The molecule has 4 nitrogen and oxygen atoms in total. The standard InChI is InChI=1S/C18H29NO3/c1-12-9-15(21-4)16(22-5)10-14(12)13(2)19-17-7-6-8-18(17,3)11-20/h9-10,13,17,19-20H,6-8,11H2,1-5H3. The molecule has 0 aliphatic heterocycles. The van der Waals surface area contributed by atoms with Gasteiger partial charge in [-0.2, -0.15) is 0 Å². The number of ether oxygens (including phenoxy) is 2. The summed E-state index contributed by atoms with van der Waals surface area (Å²) in [4.78, 5) is 0. The third kappa shape index (κ3) is 3.23. The Hall–Kier alpha value is -1.26. The van der Waals surface area contributed by atoms with Crippen LogP contribution in [-0.4, -0.2) is 32.0 Å². The molecular weight excluding hydrogens is 278 g/mol. The fourth-order valence-electron chi connectivity index (χ4n) is 3.56. The van der Waals surface area contributed by atoms with Gasteiger partial charge in [0.05, 0.1) is 14.2 Å². The first kappa shape index (κ1) is 17.1. The van der Waals surface area contributed by atoms with Crippen LogP contribution in [-0.2, 0) is 0 Å². The van der Waals surface area contributed by atoms with Gasteiger partial charge in [-0.05, 0) is 49.9 Å². The molecule has 0 aromatic heterocycles. The molecule has 4 heteroatoms. The number of benzene rings is 1. The maximum absolute atomic E-state index is 9.71. The van der Waals surface area contributed by atoms with Gasteiger partial charge in [-0.15, -0.1) is 0 Å². The van der Waals surface area contributed by atoms with Gasteiger partial charge in [-0.3, -0.25) is 0 Å². The molecule has 0 heterocycles. The maximum Gasteiger partial charge on any atom is 0.161 e. The lowest BCUT2D eigenvalue weighted by molar-refractivity contribution is 0.114. The molecule has 1 aliphatic carbocycles. The number of aliphatic hydroxyl groups is 1. The van der Waals surface area contributed by atoms with E-state index in [1.165, 1.54) is 17.5 Å². The summed E-state index contributed by atoms with van der Waals surface area (Å²) in [5.74, 6) is 1.52. The summed E-state index contributed by atoms with van der Waals surface area (Å²) in [5.41, 5.74) is 2.38. The topological polar surface area (TPSA) is 50.7 Å². The molecule has 0 saturated heterocycles. The van der Waals surface area contributed by atoms with Crippen molar-refractivity contribution in [3.63, 3.8) is 0 Å². The molecule has 1 aromatic rings. The highest BCUT2D eigenvalue weighted by Crippen LogP contribution is 2.39. The van der Waals surface area contributed by atoms with Crippen LogP contribution in [0.15, 0.2) is 12.1 Å². The maximum atomic E-state index is 9.71. The Kier molecular flexibility index (Phi) is 5.35. The molecule has 2 rings (SSSR count). The van der Waals surface area contributed by atoms with Crippen molar-refractivity contribution in [2.75, 3.05) is 20.8 Å². The lowest BCUT2D eigenvalue weighted by atomic mass is 9.85. The zero-order valence-electron chi connectivity index (χ0n) is 14.4. The number of rotatable bonds is 6. The minimum Gasteiger partial charge on any atom is -0.493 e. The molecule has 22 heavy (non-hydrogen) atoms. The van der Waals surface area contributed by atoms with E-state index in [4.69, 9.17) is 9.47 Å². The van der Waals surface area contributed by atoms with Gasteiger partial charge >= 0.3 is 0 Å². The quantitative estimate of drug-likeness (QED) is 0.847. The molecule has 3 unspecified atom stereocenters. The molecule has 0 bridgehead atoms. The van der Waals surface area contributed by atoms with Crippen LogP contribution in [0.25, 0.3) is 0 Å². The fourth-order valence-corrected chi connectivity index (χ4v) is 3.56. The van der Waals surface area contributed by atoms with Gasteiger partial charge in [0.2, 0.25) is 0 Å². The van der Waals surface area contributed by atoms with E-state index in [1.807, 2.05) is 6.07 Å². The second-order valence-corrected chi connectivity index (χ2v) is 6.71. The molecule has 0 amide bonds. The summed E-state index contributed by atoms with van der Waals surface area (Å²) in [6.07, 6.45) is 3.37. The van der Waals surface area contributed by atoms with E-state index in [-0.39, 0.29) is 18.1 Å². The van der Waals surface area contributed by atoms with E-state index >= 15 is 0 Å². The predicted molar refractivity (Wildman–Crippen MR) is 88.7 cm³/mol. The normalized spacial score (nSPS) is 26.0. The SMILES string of the molecule is COc1cc(C)c(C(C)NC2CCCC2(C)CO)cc1OC. The number of methoxy groups -OCH3 is 2. The molecule has 1 saturated carbocycles. The summed E-state index contributed by atoms with van der Waals surface area (Å²) < 4.78 is 10.8. The molecule has 0 radical (unpaired) electrons. The van der Waals surface area contributed by atoms with Crippen LogP contribution >= 0.6 is 0 Å². The summed E-state index contributed by atoms with van der Waals surface area (Å²) in [7, 11) is 3.32. The highest BCUT2D eigenvalue weighted by molar-refractivity contribution is 5.48. The summed E-state index contributed by atoms with van der Waals surface area (Å²) >= 11 is 0. The highest BCUT2D eigenvalue weighted by atomic mass is 16.5. The van der Waals surface area contributed by atoms with E-state index in [1.54, 1.807) is 14.2 Å². The number of nitrogens with one attached hydrogen (secondary N) is 1. The van der Waals surface area contributed by atoms with Crippen LogP contribution in [0.5, 0.6) is 11.5 Å². The van der Waals surface area contributed by atoms with E-state index in [0.29, 0.717) is 6.04 Å². The third-order valence-electron chi connectivity index (χ3n) is 5.13.